The molecule has 1 heterocycles. The Morgan fingerprint density at radius 3 is 2.47 bits per heavy atom. The van der Waals surface area contributed by atoms with E-state index in [4.69, 9.17) is 9.84 Å². The number of nitrogens with zero attached hydrogens (tertiary/aromatic N) is 1. The second-order valence-corrected chi connectivity index (χ2v) is 5.43. The number of amides is 2. The molecule has 0 saturated carbocycles. The summed E-state index contributed by atoms with van der Waals surface area (Å²) in [6, 6.07) is 0. The van der Waals surface area contributed by atoms with Crippen LogP contribution in [0.15, 0.2) is 0 Å². The number of hydrogen-bond acceptors (Lipinski definition) is 4. The molecule has 0 bridgehead atoms. The van der Waals surface area contributed by atoms with Crippen molar-refractivity contribution in [2.75, 3.05) is 6.54 Å². The van der Waals surface area contributed by atoms with Gasteiger partial charge < -0.3 is 14.7 Å². The Labute approximate surface area is 111 Å². The average molecular weight is 272 g/mol. The Morgan fingerprint density at radius 1 is 1.37 bits per heavy atom. The molecule has 2 amide bonds. The fourth-order valence-electron chi connectivity index (χ4n) is 1.79. The number of carboxylic acid groups (broad SMARTS) is 1. The number of carbonyl (C=O) groups excluding carboxylic acids is 2. The molecular formula is C12H20N2O5. The standard InChI is InChI=1S/C12H20N2O5/c1-12(2,3)19-11(18)13-9(10(16)17)14-7-5-4-6-8(14)15/h9H,4-7H2,1-3H3,(H,13,18)(H,16,17). The van der Waals surface area contributed by atoms with E-state index in [9.17, 15) is 14.4 Å². The Morgan fingerprint density at radius 2 is 2.00 bits per heavy atom. The monoisotopic (exact) mass is 272 g/mol. The maximum atomic E-state index is 11.7. The number of nitrogens with one attached hydrogen (secondary N) is 1. The summed E-state index contributed by atoms with van der Waals surface area (Å²) in [5.41, 5.74) is -0.723. The highest BCUT2D eigenvalue weighted by molar-refractivity contribution is 5.86. The molecule has 7 nitrogen and oxygen atoms in total. The van der Waals surface area contributed by atoms with E-state index in [0.717, 1.165) is 17.7 Å². The normalized spacial score (nSPS) is 17.8. The molecule has 1 saturated heterocycles. The quantitative estimate of drug-likeness (QED) is 0.797. The minimum Gasteiger partial charge on any atom is -0.478 e. The minimum atomic E-state index is -1.37. The highest BCUT2D eigenvalue weighted by Gasteiger charge is 2.33. The van der Waals surface area contributed by atoms with Gasteiger partial charge in [0.25, 0.3) is 0 Å². The lowest BCUT2D eigenvalue weighted by Crippen LogP contribution is -2.57. The van der Waals surface area contributed by atoms with Crippen LogP contribution in [0.2, 0.25) is 0 Å². The van der Waals surface area contributed by atoms with Crippen LogP contribution in [0.1, 0.15) is 40.0 Å². The summed E-state index contributed by atoms with van der Waals surface area (Å²) in [4.78, 5) is 35.6. The molecule has 1 atom stereocenters. The summed E-state index contributed by atoms with van der Waals surface area (Å²) in [5.74, 6) is -1.55. The number of carboxylic acids is 1. The first-order valence-corrected chi connectivity index (χ1v) is 6.22. The highest BCUT2D eigenvalue weighted by atomic mass is 16.6. The second-order valence-electron chi connectivity index (χ2n) is 5.43. The molecule has 0 aromatic heterocycles. The fraction of sp³-hybridized carbons (Fsp3) is 0.750. The molecule has 2 N–H and O–H groups in total. The zero-order valence-corrected chi connectivity index (χ0v) is 11.4. The summed E-state index contributed by atoms with van der Waals surface area (Å²) < 4.78 is 4.99. The van der Waals surface area contributed by atoms with E-state index in [2.05, 4.69) is 5.32 Å². The van der Waals surface area contributed by atoms with Gasteiger partial charge in [0, 0.05) is 13.0 Å². The van der Waals surface area contributed by atoms with Gasteiger partial charge in [-0.25, -0.2) is 9.59 Å². The van der Waals surface area contributed by atoms with E-state index >= 15 is 0 Å². The Balaban J connectivity index is 2.70. The number of alkyl carbamates (subject to hydrolysis) is 1. The summed E-state index contributed by atoms with van der Waals surface area (Å²) in [6.07, 6.45) is -0.444. The van der Waals surface area contributed by atoms with Crippen LogP contribution in [-0.2, 0) is 14.3 Å². The van der Waals surface area contributed by atoms with Crippen LogP contribution in [0.5, 0.6) is 0 Å². The number of hydrogen-bond donors (Lipinski definition) is 2. The van der Waals surface area contributed by atoms with Crippen LogP contribution in [0.25, 0.3) is 0 Å². The maximum absolute atomic E-state index is 11.7. The van der Waals surface area contributed by atoms with Crippen molar-refractivity contribution in [3.05, 3.63) is 0 Å². The zero-order chi connectivity index (χ0) is 14.6. The smallest absolute Gasteiger partial charge is 0.409 e. The molecule has 0 aliphatic carbocycles. The first-order valence-electron chi connectivity index (χ1n) is 6.22. The highest BCUT2D eigenvalue weighted by Crippen LogP contribution is 2.14. The van der Waals surface area contributed by atoms with Gasteiger partial charge in [-0.3, -0.25) is 10.1 Å². The van der Waals surface area contributed by atoms with E-state index in [-0.39, 0.29) is 5.91 Å². The largest absolute Gasteiger partial charge is 0.478 e. The van der Waals surface area contributed by atoms with E-state index in [1.54, 1.807) is 20.8 Å². The third-order valence-electron chi connectivity index (χ3n) is 2.56. The van der Waals surface area contributed by atoms with E-state index in [1.165, 1.54) is 0 Å². The second kappa shape index (κ2) is 5.90. The summed E-state index contributed by atoms with van der Waals surface area (Å²) in [5, 5.41) is 11.3. The number of likely N-dealkylation sites (tertiary alicyclic amines) is 1. The van der Waals surface area contributed by atoms with Gasteiger partial charge in [-0.15, -0.1) is 0 Å². The zero-order valence-electron chi connectivity index (χ0n) is 11.4. The van der Waals surface area contributed by atoms with E-state index in [1.807, 2.05) is 0 Å². The number of carbonyl (C=O) groups is 3. The molecule has 7 heteroatoms. The van der Waals surface area contributed by atoms with Gasteiger partial charge in [0.05, 0.1) is 0 Å². The fourth-order valence-corrected chi connectivity index (χ4v) is 1.79. The topological polar surface area (TPSA) is 95.9 Å². The van der Waals surface area contributed by atoms with Gasteiger partial charge >= 0.3 is 12.1 Å². The SMILES string of the molecule is CC(C)(C)OC(=O)NC(C(=O)O)N1CCCCC1=O. The molecule has 0 aromatic rings. The molecule has 1 fully saturated rings. The predicted octanol–water partition coefficient (Wildman–Crippen LogP) is 0.934. The number of rotatable bonds is 3. The van der Waals surface area contributed by atoms with E-state index in [0.29, 0.717) is 13.0 Å². The van der Waals surface area contributed by atoms with Gasteiger partial charge in [-0.2, -0.15) is 0 Å². The Hall–Kier alpha value is -1.79. The number of ether oxygens (including phenoxy) is 1. The third kappa shape index (κ3) is 4.76. The van der Waals surface area contributed by atoms with Crippen LogP contribution in [0.4, 0.5) is 4.79 Å². The maximum Gasteiger partial charge on any atom is 0.409 e. The van der Waals surface area contributed by atoms with Crippen molar-refractivity contribution in [1.82, 2.24) is 10.2 Å². The van der Waals surface area contributed by atoms with Gasteiger partial charge in [-0.05, 0) is 33.6 Å². The molecule has 1 unspecified atom stereocenters. The van der Waals surface area contributed by atoms with Crippen molar-refractivity contribution in [3.8, 4) is 0 Å². The number of piperidine rings is 1. The molecule has 19 heavy (non-hydrogen) atoms. The predicted molar refractivity (Wildman–Crippen MR) is 66.4 cm³/mol. The molecule has 1 aliphatic rings. The summed E-state index contributed by atoms with van der Waals surface area (Å²) in [6.45, 7) is 5.35. The van der Waals surface area contributed by atoms with Gasteiger partial charge in [-0.1, -0.05) is 0 Å². The number of aliphatic carboxylic acids is 1. The molecule has 108 valence electrons. The van der Waals surface area contributed by atoms with E-state index < -0.39 is 23.8 Å². The molecule has 0 aromatic carbocycles. The van der Waals surface area contributed by atoms with Crippen LogP contribution < -0.4 is 5.32 Å². The van der Waals surface area contributed by atoms with Crippen molar-refractivity contribution in [3.63, 3.8) is 0 Å². The van der Waals surface area contributed by atoms with Crippen molar-refractivity contribution in [1.29, 1.82) is 0 Å². The van der Waals surface area contributed by atoms with Crippen LogP contribution in [-0.4, -0.2) is 46.3 Å². The lowest BCUT2D eigenvalue weighted by Gasteiger charge is -2.32. The first kappa shape index (κ1) is 15.3. The van der Waals surface area contributed by atoms with Crippen LogP contribution in [0, 0.1) is 0 Å². The first-order chi connectivity index (χ1) is 8.70. The molecule has 0 spiro atoms. The van der Waals surface area contributed by atoms with Gasteiger partial charge in [0.15, 0.2) is 0 Å². The van der Waals surface area contributed by atoms with Crippen molar-refractivity contribution in [2.24, 2.45) is 0 Å². The van der Waals surface area contributed by atoms with Gasteiger partial charge in [0.1, 0.15) is 5.60 Å². The van der Waals surface area contributed by atoms with Crippen molar-refractivity contribution < 1.29 is 24.2 Å². The average Bonchev–Trinajstić information content (AvgIpc) is 2.24. The lowest BCUT2D eigenvalue weighted by molar-refractivity contribution is -0.153. The molecule has 1 aliphatic heterocycles. The minimum absolute atomic E-state index is 0.269. The Kier molecular flexibility index (Phi) is 4.74. The molecule has 1 rings (SSSR count). The molecule has 0 radical (unpaired) electrons. The summed E-state index contributed by atoms with van der Waals surface area (Å²) >= 11 is 0. The third-order valence-corrected chi connectivity index (χ3v) is 2.56. The summed E-state index contributed by atoms with van der Waals surface area (Å²) in [7, 11) is 0. The van der Waals surface area contributed by atoms with Crippen molar-refractivity contribution in [2.45, 2.75) is 51.8 Å². The Bertz CT molecular complexity index is 375. The van der Waals surface area contributed by atoms with Gasteiger partial charge in [0.2, 0.25) is 12.1 Å². The molecular weight excluding hydrogens is 252 g/mol. The lowest BCUT2D eigenvalue weighted by atomic mass is 10.1. The van der Waals surface area contributed by atoms with Crippen LogP contribution in [0.3, 0.4) is 0 Å². The van der Waals surface area contributed by atoms with Crippen LogP contribution >= 0.6 is 0 Å². The van der Waals surface area contributed by atoms with Crippen molar-refractivity contribution >= 4 is 18.0 Å².